The van der Waals surface area contributed by atoms with Gasteiger partial charge in [0, 0.05) is 38.1 Å². The molecule has 0 bridgehead atoms. The van der Waals surface area contributed by atoms with Crippen molar-refractivity contribution in [3.05, 3.63) is 42.1 Å². The van der Waals surface area contributed by atoms with Gasteiger partial charge in [0.05, 0.1) is 0 Å². The highest BCUT2D eigenvalue weighted by Crippen LogP contribution is 2.19. The molecular formula is C15H19N5. The number of nitrogens with zero attached hydrogens (tertiary/aromatic N) is 4. The van der Waals surface area contributed by atoms with Crippen LogP contribution in [0.4, 0.5) is 17.5 Å². The molecule has 0 aliphatic carbocycles. The molecule has 0 atom stereocenters. The van der Waals surface area contributed by atoms with Crippen LogP contribution >= 0.6 is 0 Å². The number of hydrogen-bond donors (Lipinski definition) is 1. The first-order valence-electron chi connectivity index (χ1n) is 6.87. The second-order valence-electron chi connectivity index (χ2n) is 5.09. The Morgan fingerprint density at radius 2 is 1.80 bits per heavy atom. The lowest BCUT2D eigenvalue weighted by Gasteiger charge is -2.36. The minimum atomic E-state index is 0.524. The lowest BCUT2D eigenvalue weighted by Crippen LogP contribution is -2.47. The summed E-state index contributed by atoms with van der Waals surface area (Å²) >= 11 is 0. The van der Waals surface area contributed by atoms with Crippen LogP contribution in [0.25, 0.3) is 0 Å². The van der Waals surface area contributed by atoms with Crippen LogP contribution in [-0.4, -0.2) is 36.1 Å². The third kappa shape index (κ3) is 2.66. The first-order valence-corrected chi connectivity index (χ1v) is 6.87. The smallest absolute Gasteiger partial charge is 0.227 e. The lowest BCUT2D eigenvalue weighted by molar-refractivity contribution is 0.640. The average Bonchev–Trinajstić information content (AvgIpc) is 2.47. The number of rotatable bonds is 2. The fourth-order valence-electron chi connectivity index (χ4n) is 2.50. The van der Waals surface area contributed by atoms with Gasteiger partial charge in [-0.3, -0.25) is 0 Å². The zero-order chi connectivity index (χ0) is 13.9. The highest BCUT2D eigenvalue weighted by Gasteiger charge is 2.19. The number of piperazine rings is 1. The van der Waals surface area contributed by atoms with Crippen LogP contribution in [0.1, 0.15) is 5.56 Å². The Hall–Kier alpha value is -2.30. The van der Waals surface area contributed by atoms with Crippen LogP contribution < -0.4 is 15.5 Å². The molecule has 1 aliphatic heterocycles. The molecule has 1 aliphatic rings. The van der Waals surface area contributed by atoms with E-state index in [2.05, 4.69) is 51.0 Å². The van der Waals surface area contributed by atoms with E-state index in [0.29, 0.717) is 5.82 Å². The van der Waals surface area contributed by atoms with E-state index in [1.807, 2.05) is 0 Å². The maximum Gasteiger partial charge on any atom is 0.227 e. The number of aryl methyl sites for hydroxylation is 1. The van der Waals surface area contributed by atoms with Crippen molar-refractivity contribution >= 4 is 17.5 Å². The van der Waals surface area contributed by atoms with Crippen LogP contribution in [0.15, 0.2) is 36.5 Å². The third-order valence-corrected chi connectivity index (χ3v) is 3.59. The predicted octanol–water partition coefficient (Wildman–Crippen LogP) is 1.69. The number of nitrogens with two attached hydrogens (primary N) is 1. The summed E-state index contributed by atoms with van der Waals surface area (Å²) in [4.78, 5) is 13.2. The van der Waals surface area contributed by atoms with E-state index < -0.39 is 0 Å². The van der Waals surface area contributed by atoms with Gasteiger partial charge >= 0.3 is 0 Å². The third-order valence-electron chi connectivity index (χ3n) is 3.59. The zero-order valence-electron chi connectivity index (χ0n) is 11.7. The molecule has 1 saturated heterocycles. The maximum absolute atomic E-state index is 5.71. The summed E-state index contributed by atoms with van der Waals surface area (Å²) in [5, 5.41) is 0. The summed E-state index contributed by atoms with van der Waals surface area (Å²) in [6, 6.07) is 10.3. The first kappa shape index (κ1) is 12.7. The average molecular weight is 269 g/mol. The highest BCUT2D eigenvalue weighted by molar-refractivity contribution is 5.50. The van der Waals surface area contributed by atoms with E-state index in [-0.39, 0.29) is 0 Å². The van der Waals surface area contributed by atoms with Crippen molar-refractivity contribution in [2.75, 3.05) is 41.7 Å². The molecule has 3 rings (SSSR count). The summed E-state index contributed by atoms with van der Waals surface area (Å²) in [7, 11) is 0. The molecule has 20 heavy (non-hydrogen) atoms. The number of nitrogen functional groups attached to an aromatic ring is 1. The predicted molar refractivity (Wildman–Crippen MR) is 82.0 cm³/mol. The molecule has 0 saturated carbocycles. The van der Waals surface area contributed by atoms with Crippen molar-refractivity contribution in [1.82, 2.24) is 9.97 Å². The van der Waals surface area contributed by atoms with Crippen LogP contribution in [0.2, 0.25) is 0 Å². The van der Waals surface area contributed by atoms with Crippen LogP contribution in [0.5, 0.6) is 0 Å². The Labute approximate surface area is 119 Å². The number of benzene rings is 1. The monoisotopic (exact) mass is 269 g/mol. The van der Waals surface area contributed by atoms with E-state index in [1.165, 1.54) is 11.3 Å². The molecule has 0 spiro atoms. The fraction of sp³-hybridized carbons (Fsp3) is 0.333. The van der Waals surface area contributed by atoms with Gasteiger partial charge in [0.2, 0.25) is 5.95 Å². The molecule has 2 N–H and O–H groups in total. The Morgan fingerprint density at radius 1 is 1.05 bits per heavy atom. The lowest BCUT2D eigenvalue weighted by atomic mass is 10.2. The Balaban J connectivity index is 1.68. The van der Waals surface area contributed by atoms with Crippen molar-refractivity contribution in [3.8, 4) is 0 Å². The molecule has 5 heteroatoms. The van der Waals surface area contributed by atoms with Gasteiger partial charge in [0.25, 0.3) is 0 Å². The van der Waals surface area contributed by atoms with Gasteiger partial charge in [-0.15, -0.1) is 0 Å². The summed E-state index contributed by atoms with van der Waals surface area (Å²) < 4.78 is 0. The molecule has 1 aromatic heterocycles. The van der Waals surface area contributed by atoms with Gasteiger partial charge in [0.15, 0.2) is 0 Å². The maximum atomic E-state index is 5.71. The standard InChI is InChI=1S/C15H19N5/c1-12-3-2-4-13(11-12)19-7-9-20(10-8-19)15-17-6-5-14(16)18-15/h2-6,11H,7-10H2,1H3,(H2,16,17,18). The van der Waals surface area contributed by atoms with Gasteiger partial charge in [-0.05, 0) is 30.7 Å². The van der Waals surface area contributed by atoms with Crippen molar-refractivity contribution in [2.45, 2.75) is 6.92 Å². The normalized spacial score (nSPS) is 15.4. The molecular weight excluding hydrogens is 250 g/mol. The summed E-state index contributed by atoms with van der Waals surface area (Å²) in [5.74, 6) is 1.25. The van der Waals surface area contributed by atoms with Crippen LogP contribution in [0.3, 0.4) is 0 Å². The molecule has 2 aromatic rings. The Bertz CT molecular complexity index is 537. The second-order valence-corrected chi connectivity index (χ2v) is 5.09. The Kier molecular flexibility index (Phi) is 3.41. The van der Waals surface area contributed by atoms with Crippen molar-refractivity contribution < 1.29 is 0 Å². The number of aromatic nitrogens is 2. The SMILES string of the molecule is Cc1cccc(N2CCN(c3nccc(N)n3)CC2)c1. The van der Waals surface area contributed by atoms with Crippen LogP contribution in [0, 0.1) is 6.92 Å². The van der Waals surface area contributed by atoms with E-state index in [9.17, 15) is 0 Å². The van der Waals surface area contributed by atoms with Gasteiger partial charge in [-0.1, -0.05) is 12.1 Å². The number of anilines is 3. The summed E-state index contributed by atoms with van der Waals surface area (Å²) in [6.07, 6.45) is 1.71. The molecule has 1 aromatic carbocycles. The van der Waals surface area contributed by atoms with Crippen molar-refractivity contribution in [2.24, 2.45) is 0 Å². The number of hydrogen-bond acceptors (Lipinski definition) is 5. The van der Waals surface area contributed by atoms with Gasteiger partial charge in [-0.25, -0.2) is 4.98 Å². The topological polar surface area (TPSA) is 58.3 Å². The molecule has 2 heterocycles. The second kappa shape index (κ2) is 5.36. The quantitative estimate of drug-likeness (QED) is 0.899. The van der Waals surface area contributed by atoms with E-state index >= 15 is 0 Å². The highest BCUT2D eigenvalue weighted by atomic mass is 15.3. The Morgan fingerprint density at radius 3 is 2.50 bits per heavy atom. The molecule has 0 radical (unpaired) electrons. The largest absolute Gasteiger partial charge is 0.384 e. The molecule has 1 fully saturated rings. The first-order chi connectivity index (χ1) is 9.72. The van der Waals surface area contributed by atoms with Gasteiger partial charge in [-0.2, -0.15) is 4.98 Å². The van der Waals surface area contributed by atoms with Gasteiger partial charge in [0.1, 0.15) is 5.82 Å². The van der Waals surface area contributed by atoms with E-state index in [0.717, 1.165) is 32.1 Å². The van der Waals surface area contributed by atoms with Crippen molar-refractivity contribution in [1.29, 1.82) is 0 Å². The van der Waals surface area contributed by atoms with Crippen LogP contribution in [-0.2, 0) is 0 Å². The minimum Gasteiger partial charge on any atom is -0.384 e. The minimum absolute atomic E-state index is 0.524. The summed E-state index contributed by atoms with van der Waals surface area (Å²) in [5.41, 5.74) is 8.30. The summed E-state index contributed by atoms with van der Waals surface area (Å²) in [6.45, 7) is 5.90. The van der Waals surface area contributed by atoms with E-state index in [1.54, 1.807) is 12.3 Å². The molecule has 0 unspecified atom stereocenters. The molecule has 104 valence electrons. The molecule has 0 amide bonds. The van der Waals surface area contributed by atoms with E-state index in [4.69, 9.17) is 5.73 Å². The molecule has 5 nitrogen and oxygen atoms in total. The zero-order valence-corrected chi connectivity index (χ0v) is 11.7. The van der Waals surface area contributed by atoms with Gasteiger partial charge < -0.3 is 15.5 Å². The van der Waals surface area contributed by atoms with Crippen molar-refractivity contribution in [3.63, 3.8) is 0 Å². The fourth-order valence-corrected chi connectivity index (χ4v) is 2.50.